The zero-order valence-corrected chi connectivity index (χ0v) is 10.9. The van der Waals surface area contributed by atoms with Crippen LogP contribution in [0.15, 0.2) is 28.7 Å². The predicted octanol–water partition coefficient (Wildman–Crippen LogP) is 2.21. The van der Waals surface area contributed by atoms with Crippen molar-refractivity contribution >= 4 is 0 Å². The van der Waals surface area contributed by atoms with Crippen LogP contribution in [0.4, 0.5) is 0 Å². The summed E-state index contributed by atoms with van der Waals surface area (Å²) in [5, 5.41) is 11.7. The lowest BCUT2D eigenvalue weighted by Crippen LogP contribution is -2.28. The number of aromatic nitrogens is 2. The fourth-order valence-electron chi connectivity index (χ4n) is 2.39. The van der Waals surface area contributed by atoms with Crippen molar-refractivity contribution in [1.82, 2.24) is 15.5 Å². The van der Waals surface area contributed by atoms with Crippen LogP contribution in [-0.2, 0) is 0 Å². The summed E-state index contributed by atoms with van der Waals surface area (Å²) in [5.74, 6) is 2.32. The normalized spacial score (nSPS) is 19.3. The Morgan fingerprint density at radius 2 is 2.21 bits per heavy atom. The number of nitrogens with one attached hydrogen (secondary N) is 1. The van der Waals surface area contributed by atoms with Crippen molar-refractivity contribution in [2.45, 2.75) is 18.8 Å². The molecule has 1 aliphatic heterocycles. The minimum atomic E-state index is 0.324. The first-order valence-electron chi connectivity index (χ1n) is 6.56. The molecule has 3 rings (SSSR count). The first-order chi connectivity index (χ1) is 9.38. The second-order valence-electron chi connectivity index (χ2n) is 4.69. The van der Waals surface area contributed by atoms with Gasteiger partial charge in [-0.1, -0.05) is 12.1 Å². The van der Waals surface area contributed by atoms with Crippen molar-refractivity contribution < 1.29 is 9.15 Å². The molecule has 1 atom stereocenters. The second-order valence-corrected chi connectivity index (χ2v) is 4.69. The Morgan fingerprint density at radius 1 is 1.32 bits per heavy atom. The molecule has 19 heavy (non-hydrogen) atoms. The molecular formula is C14H17N3O2. The van der Waals surface area contributed by atoms with Crippen LogP contribution >= 0.6 is 0 Å². The van der Waals surface area contributed by atoms with Gasteiger partial charge in [0.25, 0.3) is 5.89 Å². The van der Waals surface area contributed by atoms with E-state index in [-0.39, 0.29) is 0 Å². The lowest BCUT2D eigenvalue weighted by molar-refractivity contribution is 0.378. The molecule has 5 heteroatoms. The number of rotatable bonds is 3. The van der Waals surface area contributed by atoms with Crippen LogP contribution in [-0.4, -0.2) is 30.4 Å². The molecule has 1 aromatic heterocycles. The summed E-state index contributed by atoms with van der Waals surface area (Å²) in [6.07, 6.45) is 2.25. The summed E-state index contributed by atoms with van der Waals surface area (Å²) >= 11 is 0. The molecule has 1 fully saturated rings. The molecule has 0 spiro atoms. The number of hydrogen-bond acceptors (Lipinski definition) is 5. The molecule has 2 heterocycles. The van der Waals surface area contributed by atoms with Gasteiger partial charge in [-0.15, -0.1) is 10.2 Å². The van der Waals surface area contributed by atoms with Crippen molar-refractivity contribution in [2.24, 2.45) is 0 Å². The molecular weight excluding hydrogens is 242 g/mol. The van der Waals surface area contributed by atoms with Crippen LogP contribution in [0.25, 0.3) is 11.5 Å². The number of methoxy groups -OCH3 is 1. The quantitative estimate of drug-likeness (QED) is 0.915. The van der Waals surface area contributed by atoms with Crippen LogP contribution in [0, 0.1) is 0 Å². The standard InChI is InChI=1S/C14H17N3O2/c1-18-12-7-3-2-6-11(12)14-17-16-13(19-14)10-5-4-8-15-9-10/h2-3,6-7,10,15H,4-5,8-9H2,1H3/t10-/m1/s1. The summed E-state index contributed by atoms with van der Waals surface area (Å²) in [7, 11) is 1.64. The van der Waals surface area contributed by atoms with Gasteiger partial charge in [-0.2, -0.15) is 0 Å². The van der Waals surface area contributed by atoms with E-state index in [2.05, 4.69) is 15.5 Å². The number of hydrogen-bond donors (Lipinski definition) is 1. The average Bonchev–Trinajstić information content (AvgIpc) is 2.98. The Morgan fingerprint density at radius 3 is 3.00 bits per heavy atom. The molecule has 5 nitrogen and oxygen atoms in total. The van der Waals surface area contributed by atoms with Gasteiger partial charge in [-0.3, -0.25) is 0 Å². The molecule has 0 aliphatic carbocycles. The van der Waals surface area contributed by atoms with E-state index in [1.807, 2.05) is 24.3 Å². The average molecular weight is 259 g/mol. The highest BCUT2D eigenvalue weighted by molar-refractivity contribution is 5.62. The summed E-state index contributed by atoms with van der Waals surface area (Å²) < 4.78 is 11.1. The summed E-state index contributed by atoms with van der Waals surface area (Å²) in [4.78, 5) is 0. The highest BCUT2D eigenvalue weighted by atomic mass is 16.5. The largest absolute Gasteiger partial charge is 0.496 e. The Labute approximate surface area is 112 Å². The Kier molecular flexibility index (Phi) is 3.46. The Bertz CT molecular complexity index is 547. The molecule has 0 unspecified atom stereocenters. The third-order valence-electron chi connectivity index (χ3n) is 3.42. The fourth-order valence-corrected chi connectivity index (χ4v) is 2.39. The van der Waals surface area contributed by atoms with Gasteiger partial charge in [0.05, 0.1) is 12.7 Å². The van der Waals surface area contributed by atoms with E-state index in [1.54, 1.807) is 7.11 Å². The molecule has 0 amide bonds. The number of piperidine rings is 1. The molecule has 100 valence electrons. The topological polar surface area (TPSA) is 60.2 Å². The number of benzene rings is 1. The van der Waals surface area contributed by atoms with E-state index >= 15 is 0 Å². The lowest BCUT2D eigenvalue weighted by Gasteiger charge is -2.18. The van der Waals surface area contributed by atoms with Crippen molar-refractivity contribution in [2.75, 3.05) is 20.2 Å². The predicted molar refractivity (Wildman–Crippen MR) is 71.1 cm³/mol. The zero-order chi connectivity index (χ0) is 13.1. The molecule has 1 aromatic carbocycles. The van der Waals surface area contributed by atoms with Crippen LogP contribution in [0.2, 0.25) is 0 Å². The fraction of sp³-hybridized carbons (Fsp3) is 0.429. The molecule has 1 N–H and O–H groups in total. The van der Waals surface area contributed by atoms with Crippen molar-refractivity contribution in [3.63, 3.8) is 0 Å². The summed E-state index contributed by atoms with van der Waals surface area (Å²) in [5.41, 5.74) is 0.840. The molecule has 0 bridgehead atoms. The molecule has 1 saturated heterocycles. The van der Waals surface area contributed by atoms with Gasteiger partial charge in [0.2, 0.25) is 5.89 Å². The maximum absolute atomic E-state index is 5.81. The van der Waals surface area contributed by atoms with Crippen molar-refractivity contribution in [3.05, 3.63) is 30.2 Å². The van der Waals surface area contributed by atoms with Crippen LogP contribution in [0.5, 0.6) is 5.75 Å². The van der Waals surface area contributed by atoms with Gasteiger partial charge in [0, 0.05) is 12.5 Å². The van der Waals surface area contributed by atoms with E-state index < -0.39 is 0 Å². The second kappa shape index (κ2) is 5.40. The molecule has 0 radical (unpaired) electrons. The first-order valence-corrected chi connectivity index (χ1v) is 6.56. The van der Waals surface area contributed by atoms with E-state index in [0.717, 1.165) is 37.2 Å². The number of ether oxygens (including phenoxy) is 1. The minimum absolute atomic E-state index is 0.324. The lowest BCUT2D eigenvalue weighted by atomic mass is 10.00. The third kappa shape index (κ3) is 2.46. The maximum Gasteiger partial charge on any atom is 0.251 e. The van der Waals surface area contributed by atoms with E-state index in [1.165, 1.54) is 0 Å². The van der Waals surface area contributed by atoms with Gasteiger partial charge in [-0.05, 0) is 31.5 Å². The van der Waals surface area contributed by atoms with Gasteiger partial charge in [-0.25, -0.2) is 0 Å². The van der Waals surface area contributed by atoms with E-state index in [4.69, 9.17) is 9.15 Å². The monoisotopic (exact) mass is 259 g/mol. The molecule has 2 aromatic rings. The number of nitrogens with zero attached hydrogens (tertiary/aromatic N) is 2. The molecule has 0 saturated carbocycles. The smallest absolute Gasteiger partial charge is 0.251 e. The van der Waals surface area contributed by atoms with Gasteiger partial charge in [0.15, 0.2) is 0 Å². The Balaban J connectivity index is 1.88. The van der Waals surface area contributed by atoms with Gasteiger partial charge in [0.1, 0.15) is 5.75 Å². The zero-order valence-electron chi connectivity index (χ0n) is 10.9. The van der Waals surface area contributed by atoms with Crippen molar-refractivity contribution in [3.8, 4) is 17.2 Å². The summed E-state index contributed by atoms with van der Waals surface area (Å²) in [6, 6.07) is 7.67. The van der Waals surface area contributed by atoms with Gasteiger partial charge >= 0.3 is 0 Å². The van der Waals surface area contributed by atoms with Crippen LogP contribution in [0.3, 0.4) is 0 Å². The van der Waals surface area contributed by atoms with E-state index in [0.29, 0.717) is 17.7 Å². The van der Waals surface area contributed by atoms with Crippen molar-refractivity contribution in [1.29, 1.82) is 0 Å². The Hall–Kier alpha value is -1.88. The van der Waals surface area contributed by atoms with E-state index in [9.17, 15) is 0 Å². The third-order valence-corrected chi connectivity index (χ3v) is 3.42. The van der Waals surface area contributed by atoms with Crippen LogP contribution < -0.4 is 10.1 Å². The highest BCUT2D eigenvalue weighted by Crippen LogP contribution is 2.30. The SMILES string of the molecule is COc1ccccc1-c1nnc([C@@H]2CCCNC2)o1. The number of para-hydroxylation sites is 1. The maximum atomic E-state index is 5.81. The molecule has 1 aliphatic rings. The minimum Gasteiger partial charge on any atom is -0.496 e. The summed E-state index contributed by atoms with van der Waals surface area (Å²) in [6.45, 7) is 1.98. The highest BCUT2D eigenvalue weighted by Gasteiger charge is 2.22. The van der Waals surface area contributed by atoms with Crippen LogP contribution in [0.1, 0.15) is 24.7 Å². The van der Waals surface area contributed by atoms with Gasteiger partial charge < -0.3 is 14.5 Å². The first kappa shape index (κ1) is 12.2.